The number of carboxylic acid groups (broad SMARTS) is 1. The zero-order valence-electron chi connectivity index (χ0n) is 22.9. The molecular weight excluding hydrogens is 516 g/mol. The van der Waals surface area contributed by atoms with Crippen molar-refractivity contribution in [2.75, 3.05) is 0 Å². The van der Waals surface area contributed by atoms with Crippen LogP contribution < -0.4 is 14.2 Å². The summed E-state index contributed by atoms with van der Waals surface area (Å²) >= 11 is 0. The molecule has 9 nitrogen and oxygen atoms in total. The first-order chi connectivity index (χ1) is 18.6. The van der Waals surface area contributed by atoms with Crippen LogP contribution in [0, 0.1) is 10.8 Å². The third kappa shape index (κ3) is 4.37. The highest BCUT2D eigenvalue weighted by Crippen LogP contribution is 2.57. The lowest BCUT2D eigenvalue weighted by Gasteiger charge is -2.36. The molecule has 0 saturated carbocycles. The van der Waals surface area contributed by atoms with Crippen molar-refractivity contribution >= 4 is 23.9 Å². The minimum absolute atomic E-state index is 0.0610. The van der Waals surface area contributed by atoms with Crippen molar-refractivity contribution in [1.29, 1.82) is 0 Å². The Bertz CT molecular complexity index is 1520. The van der Waals surface area contributed by atoms with Crippen molar-refractivity contribution < 1.29 is 43.2 Å². The average Bonchev–Trinajstić information content (AvgIpc) is 3.14. The van der Waals surface area contributed by atoms with Crippen LogP contribution in [0.5, 0.6) is 23.0 Å². The summed E-state index contributed by atoms with van der Waals surface area (Å²) in [4.78, 5) is 49.9. The summed E-state index contributed by atoms with van der Waals surface area (Å²) in [6, 6.07) is 13.7. The van der Waals surface area contributed by atoms with Gasteiger partial charge in [-0.05, 0) is 77.9 Å². The molecule has 0 radical (unpaired) electrons. The number of carbonyl (C=O) groups is 4. The lowest BCUT2D eigenvalue weighted by molar-refractivity contribution is -0.143. The second-order valence-corrected chi connectivity index (χ2v) is 11.8. The van der Waals surface area contributed by atoms with Crippen LogP contribution in [0.4, 0.5) is 0 Å². The van der Waals surface area contributed by atoms with E-state index in [9.17, 15) is 24.3 Å². The summed E-state index contributed by atoms with van der Waals surface area (Å²) in [5, 5.41) is 9.48. The van der Waals surface area contributed by atoms with E-state index in [0.29, 0.717) is 16.7 Å². The van der Waals surface area contributed by atoms with E-state index in [-0.39, 0.29) is 34.1 Å². The van der Waals surface area contributed by atoms with Crippen molar-refractivity contribution in [2.24, 2.45) is 10.8 Å². The normalized spacial score (nSPS) is 14.8. The molecule has 1 N–H and O–H groups in total. The van der Waals surface area contributed by atoms with Crippen molar-refractivity contribution in [3.8, 4) is 23.0 Å². The number of hydrogen-bond donors (Lipinski definition) is 1. The summed E-state index contributed by atoms with van der Waals surface area (Å²) < 4.78 is 23.4. The minimum atomic E-state index is -1.49. The molecule has 3 aromatic rings. The molecule has 40 heavy (non-hydrogen) atoms. The van der Waals surface area contributed by atoms with Gasteiger partial charge in [0, 0.05) is 28.8 Å². The van der Waals surface area contributed by atoms with Crippen LogP contribution in [0.15, 0.2) is 54.6 Å². The van der Waals surface area contributed by atoms with Crippen LogP contribution in [-0.2, 0) is 19.9 Å². The second-order valence-electron chi connectivity index (χ2n) is 11.8. The van der Waals surface area contributed by atoms with Crippen molar-refractivity contribution in [1.82, 2.24) is 0 Å². The van der Waals surface area contributed by atoms with Crippen molar-refractivity contribution in [2.45, 2.75) is 47.1 Å². The smallest absolute Gasteiger partial charge is 0.340 e. The Morgan fingerprint density at radius 2 is 1.20 bits per heavy atom. The molecule has 0 aromatic heterocycles. The van der Waals surface area contributed by atoms with Crippen LogP contribution in [0.2, 0.25) is 0 Å². The van der Waals surface area contributed by atoms with Gasteiger partial charge < -0.3 is 24.1 Å². The Labute approximate surface area is 230 Å². The van der Waals surface area contributed by atoms with Gasteiger partial charge in [0.1, 0.15) is 23.0 Å². The van der Waals surface area contributed by atoms with Gasteiger partial charge >= 0.3 is 23.9 Å². The number of ether oxygens (including phenoxy) is 4. The number of carbonyl (C=O) groups excluding carboxylic acids is 3. The molecule has 0 aliphatic carbocycles. The molecule has 0 amide bonds. The van der Waals surface area contributed by atoms with Gasteiger partial charge in [0.25, 0.3) is 0 Å². The highest BCUT2D eigenvalue weighted by Gasteiger charge is 2.54. The Morgan fingerprint density at radius 3 is 1.65 bits per heavy atom. The molecule has 1 spiro atoms. The van der Waals surface area contributed by atoms with Crippen molar-refractivity contribution in [3.63, 3.8) is 0 Å². The molecule has 206 valence electrons. The number of rotatable bonds is 3. The zero-order valence-corrected chi connectivity index (χ0v) is 22.9. The fraction of sp³-hybridized carbons (Fsp3) is 0.290. The van der Waals surface area contributed by atoms with E-state index < -0.39 is 40.3 Å². The van der Waals surface area contributed by atoms with E-state index >= 15 is 0 Å². The molecule has 0 bridgehead atoms. The van der Waals surface area contributed by atoms with E-state index in [0.717, 1.165) is 0 Å². The summed E-state index contributed by atoms with van der Waals surface area (Å²) in [6.45, 7) is 10.4. The number of hydrogen-bond acceptors (Lipinski definition) is 8. The van der Waals surface area contributed by atoms with E-state index in [1.165, 1.54) is 24.3 Å². The van der Waals surface area contributed by atoms with Gasteiger partial charge in [-0.15, -0.1) is 0 Å². The molecular formula is C31H28O9. The number of aromatic carboxylic acids is 1. The van der Waals surface area contributed by atoms with Crippen LogP contribution in [0.1, 0.15) is 78.9 Å². The summed E-state index contributed by atoms with van der Waals surface area (Å²) in [7, 11) is 0. The molecule has 0 fully saturated rings. The molecule has 3 aromatic carbocycles. The quantitative estimate of drug-likeness (QED) is 0.319. The first-order valence-electron chi connectivity index (χ1n) is 12.6. The first kappa shape index (κ1) is 26.9. The Morgan fingerprint density at radius 1 is 0.725 bits per heavy atom. The van der Waals surface area contributed by atoms with Gasteiger partial charge in [0.2, 0.25) is 0 Å². The number of esters is 3. The zero-order chi connectivity index (χ0) is 29.2. The van der Waals surface area contributed by atoms with E-state index in [1.54, 1.807) is 71.9 Å². The predicted molar refractivity (Wildman–Crippen MR) is 142 cm³/mol. The number of benzene rings is 3. The van der Waals surface area contributed by atoms with Gasteiger partial charge in [0.05, 0.1) is 22.0 Å². The minimum Gasteiger partial charge on any atom is -0.478 e. The predicted octanol–water partition coefficient (Wildman–Crippen LogP) is 5.86. The van der Waals surface area contributed by atoms with Crippen LogP contribution in [-0.4, -0.2) is 29.0 Å². The second kappa shape index (κ2) is 8.94. The van der Waals surface area contributed by atoms with E-state index in [4.69, 9.17) is 18.9 Å². The van der Waals surface area contributed by atoms with E-state index in [2.05, 4.69) is 0 Å². The van der Waals surface area contributed by atoms with Crippen LogP contribution in [0.3, 0.4) is 0 Å². The Hall–Kier alpha value is -4.66. The summed E-state index contributed by atoms with van der Waals surface area (Å²) in [6.07, 6.45) is 0. The highest BCUT2D eigenvalue weighted by atomic mass is 16.6. The molecule has 2 aliphatic rings. The molecule has 5 rings (SSSR count). The van der Waals surface area contributed by atoms with Gasteiger partial charge in [0.15, 0.2) is 5.60 Å². The summed E-state index contributed by atoms with van der Waals surface area (Å²) in [5.74, 6) is -1.86. The maximum atomic E-state index is 13.2. The maximum absolute atomic E-state index is 13.2. The van der Waals surface area contributed by atoms with Crippen LogP contribution in [0.25, 0.3) is 0 Å². The highest BCUT2D eigenvalue weighted by molar-refractivity contribution is 6.00. The third-order valence-electron chi connectivity index (χ3n) is 6.64. The van der Waals surface area contributed by atoms with Crippen LogP contribution >= 0.6 is 0 Å². The summed E-state index contributed by atoms with van der Waals surface area (Å²) in [5.41, 5.74) is -1.64. The Kier molecular flexibility index (Phi) is 6.02. The molecule has 0 atom stereocenters. The molecule has 2 aliphatic heterocycles. The monoisotopic (exact) mass is 544 g/mol. The van der Waals surface area contributed by atoms with Gasteiger partial charge in [-0.3, -0.25) is 9.59 Å². The topological polar surface area (TPSA) is 125 Å². The van der Waals surface area contributed by atoms with E-state index in [1.807, 2.05) is 0 Å². The number of carboxylic acids is 1. The fourth-order valence-electron chi connectivity index (χ4n) is 4.47. The molecule has 2 heterocycles. The Balaban J connectivity index is 1.69. The molecule has 9 heteroatoms. The lowest BCUT2D eigenvalue weighted by atomic mass is 9.77. The third-order valence-corrected chi connectivity index (χ3v) is 6.64. The number of fused-ring (bicyclic) bond motifs is 6. The van der Waals surface area contributed by atoms with Gasteiger partial charge in [-0.25, -0.2) is 9.59 Å². The maximum Gasteiger partial charge on any atom is 0.340 e. The lowest BCUT2D eigenvalue weighted by Crippen LogP contribution is -2.33. The molecule has 0 saturated heterocycles. The van der Waals surface area contributed by atoms with Crippen molar-refractivity contribution in [3.05, 3.63) is 82.4 Å². The molecule has 0 unspecified atom stereocenters. The largest absolute Gasteiger partial charge is 0.478 e. The first-order valence-corrected chi connectivity index (χ1v) is 12.6. The van der Waals surface area contributed by atoms with Gasteiger partial charge in [-0.1, -0.05) is 6.07 Å². The standard InChI is InChI=1S/C31H28O9/c1-29(2,3)27(35)37-17-8-11-21-23(14-17)39-24-15-18(38-28(36)30(4,5)6)9-12-22(24)31(21)20-10-7-16(25(32)33)13-19(20)26(34)40-31/h7-15H,1-6H3,(H,32,33). The average molecular weight is 545 g/mol. The fourth-order valence-corrected chi connectivity index (χ4v) is 4.47. The SMILES string of the molecule is CC(C)(C)C(=O)Oc1ccc2c(c1)Oc1cc(OC(=O)C(C)(C)C)ccc1C21OC(=O)c2cc(C(=O)O)ccc21. The van der Waals surface area contributed by atoms with Gasteiger partial charge in [-0.2, -0.15) is 0 Å².